The van der Waals surface area contributed by atoms with Crippen molar-refractivity contribution in [1.82, 2.24) is 16.0 Å². The van der Waals surface area contributed by atoms with E-state index in [4.69, 9.17) is 22.9 Å². The summed E-state index contributed by atoms with van der Waals surface area (Å²) in [6.07, 6.45) is 2.66. The lowest BCUT2D eigenvalue weighted by Gasteiger charge is -2.26. The lowest BCUT2D eigenvalue weighted by atomic mass is 9.99. The van der Waals surface area contributed by atoms with Gasteiger partial charge in [-0.3, -0.25) is 24.2 Å². The normalized spacial score (nSPS) is 14.8. The molecular formula is C22H42N8O6S. The topological polar surface area (TPSA) is 258 Å². The number of thioether (sulfide) groups is 1. The molecule has 0 heterocycles. The van der Waals surface area contributed by atoms with Crippen LogP contribution in [0.25, 0.3) is 0 Å². The zero-order chi connectivity index (χ0) is 28.5. The molecular weight excluding hydrogens is 504 g/mol. The highest BCUT2D eigenvalue weighted by atomic mass is 32.2. The van der Waals surface area contributed by atoms with E-state index < -0.39 is 53.8 Å². The molecule has 0 saturated carbocycles. The van der Waals surface area contributed by atoms with Crippen LogP contribution in [0.1, 0.15) is 52.4 Å². The fourth-order valence-corrected chi connectivity index (χ4v) is 3.62. The van der Waals surface area contributed by atoms with Crippen LogP contribution in [0, 0.1) is 5.92 Å². The van der Waals surface area contributed by atoms with E-state index in [-0.39, 0.29) is 50.5 Å². The van der Waals surface area contributed by atoms with Crippen molar-refractivity contribution in [2.75, 3.05) is 18.6 Å². The molecule has 0 aromatic heterocycles. The number of nitrogens with one attached hydrogen (secondary N) is 3. The third kappa shape index (κ3) is 14.3. The smallest absolute Gasteiger partial charge is 0.326 e. The van der Waals surface area contributed by atoms with Gasteiger partial charge in [-0.1, -0.05) is 20.3 Å². The summed E-state index contributed by atoms with van der Waals surface area (Å²) in [5, 5.41) is 17.0. The SMILES string of the molecule is CCC(C)C(N)C(=O)NC(CCSC)C(=O)NC(CCC(N)=O)C(=O)NC(CCCN=C(N)N)C(=O)O. The van der Waals surface area contributed by atoms with E-state index in [1.165, 1.54) is 11.8 Å². The fraction of sp³-hybridized carbons (Fsp3) is 0.727. The molecule has 4 amide bonds. The molecule has 0 saturated heterocycles. The average Bonchev–Trinajstić information content (AvgIpc) is 2.83. The highest BCUT2D eigenvalue weighted by molar-refractivity contribution is 7.98. The van der Waals surface area contributed by atoms with Gasteiger partial charge in [-0.2, -0.15) is 11.8 Å². The average molecular weight is 547 g/mol. The monoisotopic (exact) mass is 546 g/mol. The maximum atomic E-state index is 13.1. The number of primary amides is 1. The quantitative estimate of drug-likeness (QED) is 0.0500. The Kier molecular flexibility index (Phi) is 16.7. The Labute approximate surface area is 221 Å². The Morgan fingerprint density at radius 3 is 1.92 bits per heavy atom. The molecule has 5 atom stereocenters. The van der Waals surface area contributed by atoms with Gasteiger partial charge >= 0.3 is 5.97 Å². The summed E-state index contributed by atoms with van der Waals surface area (Å²) in [4.78, 5) is 65.3. The molecule has 0 spiro atoms. The maximum Gasteiger partial charge on any atom is 0.326 e. The van der Waals surface area contributed by atoms with E-state index >= 15 is 0 Å². The lowest BCUT2D eigenvalue weighted by molar-refractivity contribution is -0.142. The number of carbonyl (C=O) groups is 5. The van der Waals surface area contributed by atoms with Gasteiger partial charge in [0, 0.05) is 13.0 Å². The molecule has 0 aromatic carbocycles. The standard InChI is InChI=1S/C22H42N8O6S/c1-4-12(2)17(24)20(34)29-14(9-11-37-3)19(33)28-13(7-8-16(23)31)18(32)30-15(21(35)36)6-5-10-27-22(25)26/h12-15,17H,4-11,24H2,1-3H3,(H2,23,31)(H,28,33)(H,29,34)(H,30,32)(H,35,36)(H4,25,26,27). The number of guanidine groups is 1. The summed E-state index contributed by atoms with van der Waals surface area (Å²) in [6.45, 7) is 3.88. The second-order valence-electron chi connectivity index (χ2n) is 8.67. The highest BCUT2D eigenvalue weighted by Crippen LogP contribution is 2.09. The number of aliphatic carboxylic acids is 1. The molecule has 0 bridgehead atoms. The van der Waals surface area contributed by atoms with E-state index in [1.807, 2.05) is 20.1 Å². The maximum absolute atomic E-state index is 13.1. The van der Waals surface area contributed by atoms with E-state index in [1.54, 1.807) is 0 Å². The van der Waals surface area contributed by atoms with Crippen molar-refractivity contribution in [1.29, 1.82) is 0 Å². The van der Waals surface area contributed by atoms with Crippen LogP contribution in [0.3, 0.4) is 0 Å². The van der Waals surface area contributed by atoms with Crippen LogP contribution in [0.5, 0.6) is 0 Å². The van der Waals surface area contributed by atoms with Crippen molar-refractivity contribution in [2.45, 2.75) is 76.5 Å². The summed E-state index contributed by atoms with van der Waals surface area (Å²) in [6, 6.07) is -4.36. The van der Waals surface area contributed by atoms with Gasteiger partial charge in [-0.25, -0.2) is 4.79 Å². The molecule has 14 nitrogen and oxygen atoms in total. The van der Waals surface area contributed by atoms with Gasteiger partial charge < -0.3 is 44.0 Å². The Hall–Kier alpha value is -3.07. The molecule has 12 N–H and O–H groups in total. The van der Waals surface area contributed by atoms with E-state index in [2.05, 4.69) is 20.9 Å². The molecule has 0 aliphatic heterocycles. The van der Waals surface area contributed by atoms with Gasteiger partial charge in [0.1, 0.15) is 18.1 Å². The Balaban J connectivity index is 5.54. The van der Waals surface area contributed by atoms with Crippen LogP contribution in [-0.4, -0.2) is 83.4 Å². The first kappa shape index (κ1) is 33.9. The molecule has 0 aromatic rings. The van der Waals surface area contributed by atoms with E-state index in [0.29, 0.717) is 12.2 Å². The predicted octanol–water partition coefficient (Wildman–Crippen LogP) is -2.03. The first-order valence-electron chi connectivity index (χ1n) is 12.1. The van der Waals surface area contributed by atoms with Gasteiger partial charge in [0.05, 0.1) is 6.04 Å². The molecule has 212 valence electrons. The van der Waals surface area contributed by atoms with Gasteiger partial charge in [-0.05, 0) is 43.6 Å². The second-order valence-corrected chi connectivity index (χ2v) is 9.65. The molecule has 0 rings (SSSR count). The van der Waals surface area contributed by atoms with Crippen LogP contribution >= 0.6 is 11.8 Å². The van der Waals surface area contributed by atoms with Crippen molar-refractivity contribution in [2.24, 2.45) is 33.8 Å². The van der Waals surface area contributed by atoms with Gasteiger partial charge in [0.25, 0.3) is 0 Å². The zero-order valence-corrected chi connectivity index (χ0v) is 22.5. The zero-order valence-electron chi connectivity index (χ0n) is 21.7. The molecule has 0 aliphatic rings. The number of carboxylic acids is 1. The van der Waals surface area contributed by atoms with Crippen molar-refractivity contribution in [3.05, 3.63) is 0 Å². The van der Waals surface area contributed by atoms with Crippen LogP contribution in [0.4, 0.5) is 0 Å². The molecule has 5 unspecified atom stereocenters. The number of hydrogen-bond donors (Lipinski definition) is 8. The number of amides is 4. The first-order chi connectivity index (χ1) is 17.3. The van der Waals surface area contributed by atoms with E-state index in [9.17, 15) is 29.1 Å². The summed E-state index contributed by atoms with van der Waals surface area (Å²) in [5.41, 5.74) is 21.7. The third-order valence-corrected chi connectivity index (χ3v) is 6.32. The van der Waals surface area contributed by atoms with Gasteiger partial charge in [0.15, 0.2) is 5.96 Å². The highest BCUT2D eigenvalue weighted by Gasteiger charge is 2.31. The van der Waals surface area contributed by atoms with Crippen molar-refractivity contribution < 1.29 is 29.1 Å². The minimum atomic E-state index is -1.29. The van der Waals surface area contributed by atoms with Crippen LogP contribution in [-0.2, 0) is 24.0 Å². The van der Waals surface area contributed by atoms with Crippen molar-refractivity contribution in [3.8, 4) is 0 Å². The molecule has 0 aliphatic carbocycles. The third-order valence-electron chi connectivity index (χ3n) is 5.68. The number of hydrogen-bond acceptors (Lipinski definition) is 8. The fourth-order valence-electron chi connectivity index (χ4n) is 3.15. The summed E-state index contributed by atoms with van der Waals surface area (Å²) in [7, 11) is 0. The predicted molar refractivity (Wildman–Crippen MR) is 142 cm³/mol. The Morgan fingerprint density at radius 2 is 1.43 bits per heavy atom. The number of nitrogens with zero attached hydrogens (tertiary/aromatic N) is 1. The summed E-state index contributed by atoms with van der Waals surface area (Å²) >= 11 is 1.46. The van der Waals surface area contributed by atoms with Crippen LogP contribution in [0.2, 0.25) is 0 Å². The molecule has 0 radical (unpaired) electrons. The lowest BCUT2D eigenvalue weighted by Crippen LogP contribution is -2.57. The van der Waals surface area contributed by atoms with Crippen molar-refractivity contribution in [3.63, 3.8) is 0 Å². The minimum absolute atomic E-state index is 0.0221. The Morgan fingerprint density at radius 1 is 0.892 bits per heavy atom. The molecule has 15 heteroatoms. The molecule has 0 fully saturated rings. The summed E-state index contributed by atoms with van der Waals surface area (Å²) < 4.78 is 0. The largest absolute Gasteiger partial charge is 0.480 e. The Bertz CT molecular complexity index is 808. The number of carbonyl (C=O) groups excluding carboxylic acids is 4. The molecule has 37 heavy (non-hydrogen) atoms. The van der Waals surface area contributed by atoms with Gasteiger partial charge in [-0.15, -0.1) is 0 Å². The number of rotatable bonds is 19. The number of aliphatic imine (C=N–C) groups is 1. The van der Waals surface area contributed by atoms with Crippen LogP contribution in [0.15, 0.2) is 4.99 Å². The first-order valence-corrected chi connectivity index (χ1v) is 13.4. The van der Waals surface area contributed by atoms with Gasteiger partial charge in [0.2, 0.25) is 23.6 Å². The van der Waals surface area contributed by atoms with Crippen LogP contribution < -0.4 is 38.9 Å². The minimum Gasteiger partial charge on any atom is -0.480 e. The second kappa shape index (κ2) is 18.2. The number of carboxylic acid groups (broad SMARTS) is 1. The van der Waals surface area contributed by atoms with Crippen molar-refractivity contribution >= 4 is 47.3 Å². The summed E-state index contributed by atoms with van der Waals surface area (Å²) in [5.74, 6) is -3.69. The van der Waals surface area contributed by atoms with E-state index in [0.717, 1.165) is 0 Å². The number of nitrogens with two attached hydrogens (primary N) is 4.